The number of benzene rings is 1. The van der Waals surface area contributed by atoms with E-state index in [0.29, 0.717) is 0 Å². The van der Waals surface area contributed by atoms with Crippen LogP contribution in [0.3, 0.4) is 0 Å². The average Bonchev–Trinajstić information content (AvgIpc) is 3.26. The average molecular weight is 332 g/mol. The topological polar surface area (TPSA) is 58.9 Å². The lowest BCUT2D eigenvalue weighted by atomic mass is 10.1. The molecule has 0 spiro atoms. The molecule has 0 amide bonds. The van der Waals surface area contributed by atoms with Crippen molar-refractivity contribution in [3.63, 3.8) is 0 Å². The van der Waals surface area contributed by atoms with E-state index < -0.39 is 17.5 Å². The van der Waals surface area contributed by atoms with Crippen LogP contribution >= 0.6 is 23.2 Å². The Morgan fingerprint density at radius 2 is 2.10 bits per heavy atom. The first-order chi connectivity index (χ1) is 9.93. The Morgan fingerprint density at radius 3 is 2.67 bits per heavy atom. The highest BCUT2D eigenvalue weighted by Gasteiger charge is 2.22. The lowest BCUT2D eigenvalue weighted by Crippen LogP contribution is -2.10. The monoisotopic (exact) mass is 331 g/mol. The molecule has 1 fully saturated rings. The largest absolute Gasteiger partial charge is 0.506 e. The van der Waals surface area contributed by atoms with E-state index in [-0.39, 0.29) is 27.2 Å². The summed E-state index contributed by atoms with van der Waals surface area (Å²) in [6.45, 7) is 0. The van der Waals surface area contributed by atoms with Gasteiger partial charge in [0.2, 0.25) is 0 Å². The van der Waals surface area contributed by atoms with Crippen LogP contribution in [0.5, 0.6) is 0 Å². The number of aliphatic hydroxyl groups is 1. The van der Waals surface area contributed by atoms with E-state index in [4.69, 9.17) is 23.2 Å². The molecule has 0 saturated heterocycles. The van der Waals surface area contributed by atoms with Gasteiger partial charge < -0.3 is 9.84 Å². The highest BCUT2D eigenvalue weighted by atomic mass is 35.5. The zero-order chi connectivity index (χ0) is 15.6. The summed E-state index contributed by atoms with van der Waals surface area (Å²) in [5.41, 5.74) is -0.241. The fourth-order valence-corrected chi connectivity index (χ4v) is 2.05. The smallest absolute Gasteiger partial charge is 0.343 e. The van der Waals surface area contributed by atoms with E-state index >= 15 is 0 Å². The number of esters is 1. The van der Waals surface area contributed by atoms with Gasteiger partial charge in [-0.15, -0.1) is 0 Å². The molecule has 0 bridgehead atoms. The summed E-state index contributed by atoms with van der Waals surface area (Å²) in [7, 11) is 1.17. The molecular weight excluding hydrogens is 320 g/mol. The minimum Gasteiger partial charge on any atom is -0.506 e. The normalized spacial score (nSPS) is 16.0. The molecule has 21 heavy (non-hydrogen) atoms. The number of nitrogens with zero attached hydrogens (tertiary/aromatic N) is 1. The molecule has 0 radical (unpaired) electrons. The highest BCUT2D eigenvalue weighted by molar-refractivity contribution is 6.36. The molecule has 0 unspecified atom stereocenters. The van der Waals surface area contributed by atoms with Gasteiger partial charge in [0.1, 0.15) is 17.1 Å². The summed E-state index contributed by atoms with van der Waals surface area (Å²) in [6.07, 6.45) is 3.09. The van der Waals surface area contributed by atoms with Crippen LogP contribution in [-0.4, -0.2) is 30.4 Å². The second kappa shape index (κ2) is 6.45. The first-order valence-electron chi connectivity index (χ1n) is 6.13. The van der Waals surface area contributed by atoms with Crippen molar-refractivity contribution in [2.24, 2.45) is 4.99 Å². The van der Waals surface area contributed by atoms with Crippen molar-refractivity contribution < 1.29 is 19.0 Å². The molecule has 1 aromatic carbocycles. The number of carbonyl (C=O) groups is 1. The van der Waals surface area contributed by atoms with Crippen molar-refractivity contribution in [2.45, 2.75) is 18.9 Å². The molecule has 1 aromatic rings. The van der Waals surface area contributed by atoms with Crippen LogP contribution in [0.15, 0.2) is 22.7 Å². The minimum atomic E-state index is -0.789. The maximum atomic E-state index is 13.5. The van der Waals surface area contributed by atoms with Gasteiger partial charge in [-0.3, -0.25) is 4.99 Å². The molecule has 1 aliphatic rings. The van der Waals surface area contributed by atoms with Crippen LogP contribution in [0.2, 0.25) is 10.0 Å². The Labute approximate surface area is 130 Å². The zero-order valence-electron chi connectivity index (χ0n) is 11.1. The van der Waals surface area contributed by atoms with Crippen LogP contribution < -0.4 is 0 Å². The summed E-state index contributed by atoms with van der Waals surface area (Å²) in [5.74, 6) is -2.05. The summed E-state index contributed by atoms with van der Waals surface area (Å²) >= 11 is 11.5. The van der Waals surface area contributed by atoms with E-state index in [1.807, 2.05) is 0 Å². The van der Waals surface area contributed by atoms with E-state index in [9.17, 15) is 14.3 Å². The summed E-state index contributed by atoms with van der Waals surface area (Å²) in [6, 6.07) is 2.25. The summed E-state index contributed by atoms with van der Waals surface area (Å²) < 4.78 is 18.1. The summed E-state index contributed by atoms with van der Waals surface area (Å²) in [4.78, 5) is 15.8. The predicted octanol–water partition coefficient (Wildman–Crippen LogP) is 3.81. The van der Waals surface area contributed by atoms with Gasteiger partial charge in [-0.1, -0.05) is 23.2 Å². The minimum absolute atomic E-state index is 0.0140. The van der Waals surface area contributed by atoms with Crippen molar-refractivity contribution in [1.29, 1.82) is 0 Å². The molecule has 1 N–H and O–H groups in total. The number of methoxy groups -OCH3 is 1. The SMILES string of the molecule is COC(=O)/C(C=NC1CC1)=C(/O)c1cc(F)c(Cl)cc1Cl. The number of carbonyl (C=O) groups excluding carboxylic acids is 1. The first-order valence-corrected chi connectivity index (χ1v) is 6.89. The molecule has 4 nitrogen and oxygen atoms in total. The van der Waals surface area contributed by atoms with Crippen LogP contribution in [-0.2, 0) is 9.53 Å². The highest BCUT2D eigenvalue weighted by Crippen LogP contribution is 2.30. The Balaban J connectivity index is 2.49. The van der Waals surface area contributed by atoms with Gasteiger partial charge in [0, 0.05) is 11.8 Å². The standard InChI is InChI=1S/C14H12Cl2FNO3/c1-21-14(20)9(6-18-7-2-3-7)13(19)8-4-12(17)11(16)5-10(8)15/h4-7,19H,2-3H2,1H3/b13-9+,18-6?. The van der Waals surface area contributed by atoms with E-state index in [2.05, 4.69) is 9.73 Å². The number of hydrogen-bond acceptors (Lipinski definition) is 4. The van der Waals surface area contributed by atoms with Gasteiger partial charge >= 0.3 is 5.97 Å². The zero-order valence-corrected chi connectivity index (χ0v) is 12.6. The van der Waals surface area contributed by atoms with E-state index in [1.54, 1.807) is 0 Å². The number of halogens is 3. The first kappa shape index (κ1) is 15.8. The van der Waals surface area contributed by atoms with Crippen LogP contribution in [0.4, 0.5) is 4.39 Å². The molecule has 0 atom stereocenters. The van der Waals surface area contributed by atoms with Crippen LogP contribution in [0.1, 0.15) is 18.4 Å². The van der Waals surface area contributed by atoms with Gasteiger partial charge in [0.05, 0.1) is 23.2 Å². The molecule has 0 heterocycles. The summed E-state index contributed by atoms with van der Waals surface area (Å²) in [5, 5.41) is 10.0. The number of ether oxygens (including phenoxy) is 1. The lowest BCUT2D eigenvalue weighted by Gasteiger charge is -2.08. The van der Waals surface area contributed by atoms with Gasteiger partial charge in [0.25, 0.3) is 0 Å². The third-order valence-electron chi connectivity index (χ3n) is 2.89. The molecule has 0 aromatic heterocycles. The van der Waals surface area contributed by atoms with Crippen molar-refractivity contribution in [3.05, 3.63) is 39.1 Å². The molecule has 2 rings (SSSR count). The Morgan fingerprint density at radius 1 is 1.43 bits per heavy atom. The van der Waals surface area contributed by atoms with Crippen molar-refractivity contribution in [1.82, 2.24) is 0 Å². The third-order valence-corrected chi connectivity index (χ3v) is 3.49. The number of aliphatic hydroxyl groups excluding tert-OH is 1. The maximum absolute atomic E-state index is 13.5. The number of rotatable bonds is 4. The van der Waals surface area contributed by atoms with Crippen LogP contribution in [0, 0.1) is 5.82 Å². The van der Waals surface area contributed by atoms with Crippen molar-refractivity contribution in [3.8, 4) is 0 Å². The second-order valence-corrected chi connectivity index (χ2v) is 5.32. The second-order valence-electron chi connectivity index (χ2n) is 4.51. The number of hydrogen-bond donors (Lipinski definition) is 1. The molecule has 7 heteroatoms. The van der Waals surface area contributed by atoms with Gasteiger partial charge in [0.15, 0.2) is 0 Å². The lowest BCUT2D eigenvalue weighted by molar-refractivity contribution is -0.135. The van der Waals surface area contributed by atoms with Gasteiger partial charge in [-0.05, 0) is 25.0 Å². The fraction of sp³-hybridized carbons (Fsp3) is 0.286. The third kappa shape index (κ3) is 3.74. The van der Waals surface area contributed by atoms with Gasteiger partial charge in [-0.25, -0.2) is 9.18 Å². The Kier molecular flexibility index (Phi) is 4.85. The molecular formula is C14H12Cl2FNO3. The van der Waals surface area contributed by atoms with E-state index in [1.165, 1.54) is 13.3 Å². The van der Waals surface area contributed by atoms with Crippen LogP contribution in [0.25, 0.3) is 5.76 Å². The van der Waals surface area contributed by atoms with Crippen molar-refractivity contribution >= 4 is 41.1 Å². The Bertz CT molecular complexity index is 639. The van der Waals surface area contributed by atoms with Gasteiger partial charge in [-0.2, -0.15) is 0 Å². The maximum Gasteiger partial charge on any atom is 0.343 e. The molecule has 1 aliphatic carbocycles. The predicted molar refractivity (Wildman–Crippen MR) is 79.5 cm³/mol. The molecule has 1 saturated carbocycles. The molecule has 112 valence electrons. The molecule has 0 aliphatic heterocycles. The van der Waals surface area contributed by atoms with Crippen molar-refractivity contribution in [2.75, 3.05) is 7.11 Å². The fourth-order valence-electron chi connectivity index (χ4n) is 1.57. The quantitative estimate of drug-likeness (QED) is 0.300. The number of aliphatic imine (C=N–C) groups is 1. The Hall–Kier alpha value is -1.59. The van der Waals surface area contributed by atoms with E-state index in [0.717, 1.165) is 25.0 Å².